The second-order valence-electron chi connectivity index (χ2n) is 27.2. The summed E-state index contributed by atoms with van der Waals surface area (Å²) >= 11 is 0. The van der Waals surface area contributed by atoms with Gasteiger partial charge in [0, 0.05) is 34.0 Å². The summed E-state index contributed by atoms with van der Waals surface area (Å²) in [5, 5.41) is 0. The molecular weight excluding hydrogens is 844 g/mol. The predicted molar refractivity (Wildman–Crippen MR) is 306 cm³/mol. The zero-order chi connectivity index (χ0) is 50.2. The van der Waals surface area contributed by atoms with Crippen molar-refractivity contribution in [2.24, 2.45) is 5.41 Å². The van der Waals surface area contributed by atoms with E-state index in [9.17, 15) is 0 Å². The average molecular weight is 921 g/mol. The van der Waals surface area contributed by atoms with E-state index in [1.807, 2.05) is 0 Å². The van der Waals surface area contributed by atoms with Crippen molar-refractivity contribution in [2.45, 2.75) is 158 Å². The van der Waals surface area contributed by atoms with E-state index in [0.29, 0.717) is 0 Å². The van der Waals surface area contributed by atoms with Crippen molar-refractivity contribution in [3.8, 4) is 22.3 Å². The monoisotopic (exact) mass is 921 g/mol. The van der Waals surface area contributed by atoms with Crippen molar-refractivity contribution in [2.75, 3.05) is 9.80 Å². The van der Waals surface area contributed by atoms with Gasteiger partial charge in [-0.1, -0.05) is 197 Å². The number of nitrogens with zero attached hydrogens (tertiary/aromatic N) is 2. The van der Waals surface area contributed by atoms with E-state index in [-0.39, 0.29) is 39.2 Å². The Morgan fingerprint density at radius 3 is 1.41 bits per heavy atom. The van der Waals surface area contributed by atoms with Crippen molar-refractivity contribution >= 4 is 57.2 Å². The van der Waals surface area contributed by atoms with Crippen LogP contribution in [-0.4, -0.2) is 6.71 Å². The van der Waals surface area contributed by atoms with Crippen LogP contribution >= 0.6 is 0 Å². The van der Waals surface area contributed by atoms with Gasteiger partial charge < -0.3 is 9.80 Å². The first kappa shape index (κ1) is 47.9. The fourth-order valence-corrected chi connectivity index (χ4v) is 11.6. The summed E-state index contributed by atoms with van der Waals surface area (Å²) in [5.74, 6) is 0. The van der Waals surface area contributed by atoms with Crippen LogP contribution in [0.4, 0.5) is 34.1 Å². The molecule has 0 bridgehead atoms. The van der Waals surface area contributed by atoms with E-state index in [0.717, 1.165) is 12.8 Å². The molecule has 0 unspecified atom stereocenters. The van der Waals surface area contributed by atoms with Crippen molar-refractivity contribution in [3.63, 3.8) is 0 Å². The molecule has 0 fully saturated rings. The zero-order valence-electron chi connectivity index (χ0n) is 45.6. The summed E-state index contributed by atoms with van der Waals surface area (Å²) < 4.78 is 0. The molecule has 7 aromatic carbocycles. The first-order valence-corrected chi connectivity index (χ1v) is 26.1. The standard InChI is InChI=1S/C67H77BN2/c1-62(2,3)47-23-21-42(22-24-47)43-19-18-20-44(33-43)53-36-49(64(7,8)9)27-31-56(53)70-58-35-46-41-67(16,17)40-45(46)34-54(58)68-55-37-50(65(10,11)12)28-32-57(55)69(52-29-25-48(26-30-52)63(4,5)6)59-38-51(66(13,14)15)39-60(70)61(59)68/h18-39H,40-41H2,1-17H3. The molecule has 0 saturated heterocycles. The molecule has 0 saturated carbocycles. The number of rotatable bonds is 4. The summed E-state index contributed by atoms with van der Waals surface area (Å²) in [7, 11) is 0. The van der Waals surface area contributed by atoms with Crippen molar-refractivity contribution in [1.82, 2.24) is 0 Å². The Labute approximate surface area is 422 Å². The molecule has 70 heavy (non-hydrogen) atoms. The average Bonchev–Trinajstić information content (AvgIpc) is 3.59. The second-order valence-corrected chi connectivity index (χ2v) is 27.2. The lowest BCUT2D eigenvalue weighted by Crippen LogP contribution is -2.61. The minimum absolute atomic E-state index is 0.0220. The van der Waals surface area contributed by atoms with Gasteiger partial charge >= 0.3 is 0 Å². The van der Waals surface area contributed by atoms with Crippen LogP contribution < -0.4 is 26.2 Å². The molecule has 3 aliphatic rings. The number of benzene rings is 7. The summed E-state index contributed by atoms with van der Waals surface area (Å²) in [5.41, 5.74) is 26.5. The molecule has 0 N–H and O–H groups in total. The van der Waals surface area contributed by atoms with Gasteiger partial charge in [0.2, 0.25) is 0 Å². The van der Waals surface area contributed by atoms with Crippen molar-refractivity contribution in [1.29, 1.82) is 0 Å². The van der Waals surface area contributed by atoms with Gasteiger partial charge in [-0.25, -0.2) is 0 Å². The largest absolute Gasteiger partial charge is 0.311 e. The maximum absolute atomic E-state index is 2.71. The van der Waals surface area contributed by atoms with Crippen LogP contribution in [0.15, 0.2) is 133 Å². The molecule has 2 nitrogen and oxygen atoms in total. The third-order valence-electron chi connectivity index (χ3n) is 15.8. The fraction of sp³-hybridized carbons (Fsp3) is 0.373. The Bertz CT molecular complexity index is 3180. The third kappa shape index (κ3) is 8.44. The predicted octanol–water partition coefficient (Wildman–Crippen LogP) is 16.7. The molecule has 10 rings (SSSR count). The number of anilines is 6. The van der Waals surface area contributed by atoms with E-state index in [2.05, 4.69) is 261 Å². The molecular formula is C67H77BN2. The van der Waals surface area contributed by atoms with E-state index in [1.54, 1.807) is 0 Å². The van der Waals surface area contributed by atoms with Crippen LogP contribution in [0.5, 0.6) is 0 Å². The minimum Gasteiger partial charge on any atom is -0.311 e. The van der Waals surface area contributed by atoms with E-state index in [4.69, 9.17) is 0 Å². The lowest BCUT2D eigenvalue weighted by Gasteiger charge is -2.46. The maximum Gasteiger partial charge on any atom is 0.252 e. The first-order valence-electron chi connectivity index (χ1n) is 26.1. The molecule has 0 radical (unpaired) electrons. The second kappa shape index (κ2) is 16.1. The highest BCUT2D eigenvalue weighted by molar-refractivity contribution is 7.00. The van der Waals surface area contributed by atoms with Gasteiger partial charge in [0.05, 0.1) is 5.69 Å². The van der Waals surface area contributed by atoms with E-state index in [1.165, 1.54) is 112 Å². The quantitative estimate of drug-likeness (QED) is 0.162. The smallest absolute Gasteiger partial charge is 0.252 e. The highest BCUT2D eigenvalue weighted by Gasteiger charge is 2.46. The van der Waals surface area contributed by atoms with Gasteiger partial charge in [0.25, 0.3) is 6.71 Å². The van der Waals surface area contributed by atoms with E-state index < -0.39 is 0 Å². The topological polar surface area (TPSA) is 6.48 Å². The molecule has 3 heteroatoms. The Morgan fingerprint density at radius 1 is 0.371 bits per heavy atom. The SMILES string of the molecule is CC1(C)Cc2cc3c(cc2C1)N(c1ccc(C(C)(C)C)cc1-c1cccc(-c2ccc(C(C)(C)C)cc2)c1)c1cc(C(C)(C)C)cc2c1B3c1cc(C(C)(C)C)ccc1N2c1ccc(C(C)(C)C)cc1. The highest BCUT2D eigenvalue weighted by atomic mass is 15.2. The fourth-order valence-electron chi connectivity index (χ4n) is 11.6. The number of fused-ring (bicyclic) bond motifs is 5. The Balaban J connectivity index is 1.30. The first-order chi connectivity index (χ1) is 32.6. The molecule has 0 spiro atoms. The van der Waals surface area contributed by atoms with Gasteiger partial charge in [0.1, 0.15) is 0 Å². The summed E-state index contributed by atoms with van der Waals surface area (Å²) in [6, 6.07) is 53.2. The van der Waals surface area contributed by atoms with Gasteiger partial charge in [-0.15, -0.1) is 0 Å². The van der Waals surface area contributed by atoms with Gasteiger partial charge in [-0.2, -0.15) is 0 Å². The molecule has 1 aliphatic carbocycles. The Kier molecular flexibility index (Phi) is 11.0. The molecule has 2 aliphatic heterocycles. The molecule has 0 amide bonds. The van der Waals surface area contributed by atoms with Gasteiger partial charge in [-0.3, -0.25) is 0 Å². The van der Waals surface area contributed by atoms with Crippen molar-refractivity contribution < 1.29 is 0 Å². The minimum atomic E-state index is -0.122. The van der Waals surface area contributed by atoms with Crippen LogP contribution in [0.25, 0.3) is 22.3 Å². The zero-order valence-corrected chi connectivity index (χ0v) is 45.6. The molecule has 2 heterocycles. The highest BCUT2D eigenvalue weighted by Crippen LogP contribution is 2.51. The van der Waals surface area contributed by atoms with Crippen LogP contribution in [0.1, 0.15) is 157 Å². The summed E-state index contributed by atoms with van der Waals surface area (Å²) in [6.45, 7) is 40.0. The lowest BCUT2D eigenvalue weighted by atomic mass is 9.33. The number of hydrogen-bond acceptors (Lipinski definition) is 2. The van der Waals surface area contributed by atoms with Crippen molar-refractivity contribution in [3.05, 3.63) is 172 Å². The molecule has 0 aromatic heterocycles. The van der Waals surface area contributed by atoms with E-state index >= 15 is 0 Å². The van der Waals surface area contributed by atoms with Gasteiger partial charge in [-0.05, 0) is 172 Å². The van der Waals surface area contributed by atoms with Crippen LogP contribution in [0.3, 0.4) is 0 Å². The van der Waals surface area contributed by atoms with Crippen LogP contribution in [0.2, 0.25) is 0 Å². The summed E-state index contributed by atoms with van der Waals surface area (Å²) in [6.07, 6.45) is 2.16. The summed E-state index contributed by atoms with van der Waals surface area (Å²) in [4.78, 5) is 5.31. The van der Waals surface area contributed by atoms with Crippen LogP contribution in [0, 0.1) is 5.41 Å². The third-order valence-corrected chi connectivity index (χ3v) is 15.8. The van der Waals surface area contributed by atoms with Crippen LogP contribution in [-0.2, 0) is 39.9 Å². The lowest BCUT2D eigenvalue weighted by molar-refractivity contribution is 0.392. The molecule has 7 aromatic rings. The maximum atomic E-state index is 2.71. The number of hydrogen-bond donors (Lipinski definition) is 0. The molecule has 0 atom stereocenters. The normalized spacial score (nSPS) is 15.4. The Morgan fingerprint density at radius 2 is 0.843 bits per heavy atom. The molecule has 358 valence electrons. The Hall–Kier alpha value is -5.80. The van der Waals surface area contributed by atoms with Gasteiger partial charge in [0.15, 0.2) is 0 Å².